The van der Waals surface area contributed by atoms with E-state index in [4.69, 9.17) is 19.2 Å². The maximum atomic E-state index is 13.8. The van der Waals surface area contributed by atoms with Crippen molar-refractivity contribution in [1.82, 2.24) is 19.5 Å². The van der Waals surface area contributed by atoms with Crippen molar-refractivity contribution in [2.75, 3.05) is 23.4 Å². The normalized spacial score (nSPS) is 10.8. The SMILES string of the molecule is CC(=O)Nc1nc(OC(=O)N(c2ccccc2)c2ccccc2)c2nc(SCc3ccccc3)n(COCCOC(C)=O)c2n1. The lowest BCUT2D eigenvalue weighted by Gasteiger charge is -2.22. The minimum absolute atomic E-state index is 0.0149. The summed E-state index contributed by atoms with van der Waals surface area (Å²) >= 11 is 1.42. The Kier molecular flexibility index (Phi) is 10.4. The summed E-state index contributed by atoms with van der Waals surface area (Å²) in [4.78, 5) is 52.1. The third-order valence-corrected chi connectivity index (χ3v) is 7.22. The number of ether oxygens (including phenoxy) is 3. The summed E-state index contributed by atoms with van der Waals surface area (Å²) in [5.74, 6) is -0.474. The first-order valence-corrected chi connectivity index (χ1v) is 14.9. The molecule has 5 aromatic rings. The number of fused-ring (bicyclic) bond motifs is 1. The van der Waals surface area contributed by atoms with Crippen LogP contribution in [-0.4, -0.2) is 50.7 Å². The van der Waals surface area contributed by atoms with Gasteiger partial charge in [-0.15, -0.1) is 0 Å². The number of hydrogen-bond donors (Lipinski definition) is 1. The van der Waals surface area contributed by atoms with Crippen molar-refractivity contribution in [2.45, 2.75) is 31.5 Å². The second kappa shape index (κ2) is 14.9. The maximum Gasteiger partial charge on any atom is 0.425 e. The minimum atomic E-state index is -0.744. The van der Waals surface area contributed by atoms with E-state index in [1.807, 2.05) is 66.7 Å². The number of para-hydroxylation sites is 2. The van der Waals surface area contributed by atoms with Gasteiger partial charge in [0, 0.05) is 19.6 Å². The summed E-state index contributed by atoms with van der Waals surface area (Å²) in [5.41, 5.74) is 2.68. The highest BCUT2D eigenvalue weighted by Gasteiger charge is 2.26. The number of carbonyl (C=O) groups is 3. The predicted octanol–water partition coefficient (Wildman–Crippen LogP) is 5.95. The number of benzene rings is 3. The molecule has 5 rings (SSSR count). The van der Waals surface area contributed by atoms with Crippen LogP contribution in [0, 0.1) is 0 Å². The van der Waals surface area contributed by atoms with Gasteiger partial charge in [0.25, 0.3) is 5.88 Å². The van der Waals surface area contributed by atoms with Crippen LogP contribution in [-0.2, 0) is 31.5 Å². The fourth-order valence-corrected chi connectivity index (χ4v) is 5.17. The van der Waals surface area contributed by atoms with Crippen LogP contribution in [0.5, 0.6) is 5.88 Å². The smallest absolute Gasteiger partial charge is 0.425 e. The van der Waals surface area contributed by atoms with Gasteiger partial charge >= 0.3 is 12.1 Å². The van der Waals surface area contributed by atoms with Gasteiger partial charge in [0.05, 0.1) is 18.0 Å². The quantitative estimate of drug-likeness (QED) is 0.100. The van der Waals surface area contributed by atoms with Crippen molar-refractivity contribution >= 4 is 58.2 Å². The van der Waals surface area contributed by atoms with E-state index in [0.717, 1.165) is 5.56 Å². The van der Waals surface area contributed by atoms with E-state index < -0.39 is 18.0 Å². The van der Waals surface area contributed by atoms with Gasteiger partial charge in [-0.05, 0) is 29.8 Å². The lowest BCUT2D eigenvalue weighted by atomic mass is 10.2. The van der Waals surface area contributed by atoms with Gasteiger partial charge in [0.15, 0.2) is 16.3 Å². The van der Waals surface area contributed by atoms with Gasteiger partial charge in [-0.2, -0.15) is 9.97 Å². The highest BCUT2D eigenvalue weighted by atomic mass is 32.2. The largest absolute Gasteiger partial charge is 0.463 e. The first-order chi connectivity index (χ1) is 21.9. The molecule has 0 radical (unpaired) electrons. The topological polar surface area (TPSA) is 138 Å². The first-order valence-electron chi connectivity index (χ1n) is 13.9. The van der Waals surface area contributed by atoms with Gasteiger partial charge in [0.2, 0.25) is 11.9 Å². The van der Waals surface area contributed by atoms with Crippen LogP contribution in [0.1, 0.15) is 19.4 Å². The van der Waals surface area contributed by atoms with Gasteiger partial charge in [-0.3, -0.25) is 19.5 Å². The van der Waals surface area contributed by atoms with Crippen molar-refractivity contribution in [1.29, 1.82) is 0 Å². The molecule has 0 fully saturated rings. The fourth-order valence-electron chi connectivity index (χ4n) is 4.23. The van der Waals surface area contributed by atoms with E-state index in [9.17, 15) is 14.4 Å². The highest BCUT2D eigenvalue weighted by molar-refractivity contribution is 7.98. The van der Waals surface area contributed by atoms with Crippen LogP contribution in [0.4, 0.5) is 22.1 Å². The Balaban J connectivity index is 1.54. The Bertz CT molecular complexity index is 1730. The van der Waals surface area contributed by atoms with Crippen LogP contribution in [0.2, 0.25) is 0 Å². The molecule has 0 atom stereocenters. The number of aromatic nitrogens is 4. The van der Waals surface area contributed by atoms with Crippen molar-refractivity contribution < 1.29 is 28.6 Å². The monoisotopic (exact) mass is 626 g/mol. The number of rotatable bonds is 12. The molecule has 2 amide bonds. The Morgan fingerprint density at radius 3 is 2.04 bits per heavy atom. The second-order valence-electron chi connectivity index (χ2n) is 9.55. The molecule has 12 nitrogen and oxygen atoms in total. The van der Waals surface area contributed by atoms with Crippen LogP contribution < -0.4 is 15.0 Å². The van der Waals surface area contributed by atoms with E-state index >= 15 is 0 Å². The second-order valence-corrected chi connectivity index (χ2v) is 10.5. The molecule has 45 heavy (non-hydrogen) atoms. The lowest BCUT2D eigenvalue weighted by molar-refractivity contribution is -0.142. The number of nitrogens with zero attached hydrogens (tertiary/aromatic N) is 5. The number of esters is 1. The van der Waals surface area contributed by atoms with E-state index in [1.165, 1.54) is 30.5 Å². The van der Waals surface area contributed by atoms with E-state index in [0.29, 0.717) is 22.3 Å². The summed E-state index contributed by atoms with van der Waals surface area (Å²) in [6.07, 6.45) is -0.744. The summed E-state index contributed by atoms with van der Waals surface area (Å²) in [5, 5.41) is 3.08. The fraction of sp³-hybridized carbons (Fsp3) is 0.188. The summed E-state index contributed by atoms with van der Waals surface area (Å²) in [6, 6.07) is 27.9. The standard InChI is InChI=1S/C32H30N6O6S/c1-22(39)33-30-35-28-27(29(36-30)44-32(41)38(25-14-8-4-9-15-25)26-16-10-5-11-17-26)34-31(45-20-24-12-6-3-7-13-24)37(28)21-42-18-19-43-23(2)40/h3-17H,18-21H2,1-2H3,(H,33,35,36,39). The molecule has 2 heterocycles. The Hall–Kier alpha value is -5.27. The zero-order valence-electron chi connectivity index (χ0n) is 24.6. The van der Waals surface area contributed by atoms with Crippen LogP contribution in [0.25, 0.3) is 11.2 Å². The zero-order chi connectivity index (χ0) is 31.6. The third-order valence-electron chi connectivity index (χ3n) is 6.17. The molecule has 0 aliphatic carbocycles. The van der Waals surface area contributed by atoms with Gasteiger partial charge in [0.1, 0.15) is 13.3 Å². The predicted molar refractivity (Wildman–Crippen MR) is 169 cm³/mol. The molecular formula is C32H30N6O6S. The molecule has 0 saturated heterocycles. The minimum Gasteiger partial charge on any atom is -0.463 e. The molecule has 0 aliphatic heterocycles. The maximum absolute atomic E-state index is 13.8. The van der Waals surface area contributed by atoms with Crippen molar-refractivity contribution in [2.24, 2.45) is 0 Å². The summed E-state index contributed by atoms with van der Waals surface area (Å²) in [7, 11) is 0. The Labute approximate surface area is 263 Å². The van der Waals surface area contributed by atoms with Crippen molar-refractivity contribution in [3.63, 3.8) is 0 Å². The summed E-state index contributed by atoms with van der Waals surface area (Å²) in [6.45, 7) is 2.82. The van der Waals surface area contributed by atoms with Gasteiger partial charge in [-0.1, -0.05) is 78.5 Å². The number of anilines is 3. The molecule has 230 valence electrons. The molecule has 0 aliphatic rings. The molecule has 0 unspecified atom stereocenters. The number of thioether (sulfide) groups is 1. The van der Waals surface area contributed by atoms with E-state index in [1.54, 1.807) is 28.8 Å². The molecule has 2 aromatic heterocycles. The Morgan fingerprint density at radius 2 is 1.44 bits per heavy atom. The molecule has 1 N–H and O–H groups in total. The average Bonchev–Trinajstić information content (AvgIpc) is 3.38. The third kappa shape index (κ3) is 8.22. The first kappa shape index (κ1) is 31.2. The van der Waals surface area contributed by atoms with Gasteiger partial charge in [-0.25, -0.2) is 14.7 Å². The number of nitrogens with one attached hydrogen (secondary N) is 1. The molecule has 3 aromatic carbocycles. The van der Waals surface area contributed by atoms with E-state index in [2.05, 4.69) is 15.3 Å². The molecule has 0 spiro atoms. The number of amides is 2. The van der Waals surface area contributed by atoms with E-state index in [-0.39, 0.29) is 42.9 Å². The molecular weight excluding hydrogens is 596 g/mol. The highest BCUT2D eigenvalue weighted by Crippen LogP contribution is 2.33. The van der Waals surface area contributed by atoms with Crippen molar-refractivity contribution in [3.05, 3.63) is 96.6 Å². The number of hydrogen-bond acceptors (Lipinski definition) is 10. The van der Waals surface area contributed by atoms with Crippen molar-refractivity contribution in [3.8, 4) is 5.88 Å². The van der Waals surface area contributed by atoms with Crippen LogP contribution >= 0.6 is 11.8 Å². The molecule has 13 heteroatoms. The Morgan fingerprint density at radius 1 is 0.822 bits per heavy atom. The zero-order valence-corrected chi connectivity index (χ0v) is 25.4. The molecule has 0 saturated carbocycles. The molecule has 0 bridgehead atoms. The number of imidazole rings is 1. The number of carbonyl (C=O) groups excluding carboxylic acids is 3. The van der Waals surface area contributed by atoms with Crippen LogP contribution in [0.15, 0.2) is 96.2 Å². The summed E-state index contributed by atoms with van der Waals surface area (Å²) < 4.78 is 18.4. The lowest BCUT2D eigenvalue weighted by Crippen LogP contribution is -2.29. The van der Waals surface area contributed by atoms with Crippen LogP contribution in [0.3, 0.4) is 0 Å². The van der Waals surface area contributed by atoms with Gasteiger partial charge < -0.3 is 14.2 Å². The average molecular weight is 627 g/mol.